The Labute approximate surface area is 98.0 Å². The molecule has 2 N–H and O–H groups in total. The molecule has 90 valence electrons. The smallest absolute Gasteiger partial charge is 0.287 e. The number of aromatic amines is 1. The van der Waals surface area contributed by atoms with Crippen LogP contribution in [0.2, 0.25) is 0 Å². The molecule has 6 nitrogen and oxygen atoms in total. The Bertz CT molecular complexity index is 476. The summed E-state index contributed by atoms with van der Waals surface area (Å²) < 4.78 is 10.2. The quantitative estimate of drug-likeness (QED) is 0.812. The molecule has 1 amide bonds. The molecule has 0 aliphatic rings. The fourth-order valence-electron chi connectivity index (χ4n) is 1.37. The minimum Gasteiger partial charge on any atom is -0.453 e. The standard InChI is InChI=1S/C11H13N3O3/c1-16-7-8-2-3-9(17-8)11(15)14-6-10-12-4-5-13-10/h2-5H,6-7H2,1H3,(H,12,13)(H,14,15). The minimum atomic E-state index is -0.274. The Morgan fingerprint density at radius 3 is 3.18 bits per heavy atom. The topological polar surface area (TPSA) is 80.1 Å². The van der Waals surface area contributed by atoms with E-state index in [1.807, 2.05) is 0 Å². The number of nitrogens with zero attached hydrogens (tertiary/aromatic N) is 1. The summed E-state index contributed by atoms with van der Waals surface area (Å²) in [6.07, 6.45) is 3.33. The van der Waals surface area contributed by atoms with E-state index in [4.69, 9.17) is 9.15 Å². The van der Waals surface area contributed by atoms with E-state index in [1.54, 1.807) is 31.6 Å². The Balaban J connectivity index is 1.90. The van der Waals surface area contributed by atoms with E-state index in [0.717, 1.165) is 0 Å². The van der Waals surface area contributed by atoms with Gasteiger partial charge in [-0.1, -0.05) is 0 Å². The number of methoxy groups -OCH3 is 1. The fourth-order valence-corrected chi connectivity index (χ4v) is 1.37. The van der Waals surface area contributed by atoms with Crippen molar-refractivity contribution in [1.82, 2.24) is 15.3 Å². The average molecular weight is 235 g/mol. The van der Waals surface area contributed by atoms with Gasteiger partial charge < -0.3 is 19.5 Å². The third kappa shape index (κ3) is 2.94. The highest BCUT2D eigenvalue weighted by Gasteiger charge is 2.10. The Kier molecular flexibility index (Phi) is 3.56. The molecule has 0 spiro atoms. The first-order valence-electron chi connectivity index (χ1n) is 5.13. The second-order valence-corrected chi connectivity index (χ2v) is 3.42. The lowest BCUT2D eigenvalue weighted by Gasteiger charge is -2.00. The van der Waals surface area contributed by atoms with Crippen molar-refractivity contribution in [1.29, 1.82) is 0 Å². The highest BCUT2D eigenvalue weighted by molar-refractivity contribution is 5.91. The minimum absolute atomic E-state index is 0.267. The molecule has 0 aliphatic carbocycles. The average Bonchev–Trinajstić information content (AvgIpc) is 2.97. The first kappa shape index (κ1) is 11.4. The number of H-pyrrole nitrogens is 1. The van der Waals surface area contributed by atoms with Gasteiger partial charge in [-0.05, 0) is 12.1 Å². The number of ether oxygens (including phenoxy) is 1. The summed E-state index contributed by atoms with van der Waals surface area (Å²) in [6, 6.07) is 3.33. The van der Waals surface area contributed by atoms with Gasteiger partial charge in [-0.15, -0.1) is 0 Å². The molecule has 0 saturated carbocycles. The van der Waals surface area contributed by atoms with Gasteiger partial charge in [0, 0.05) is 19.5 Å². The first-order valence-corrected chi connectivity index (χ1v) is 5.13. The Morgan fingerprint density at radius 2 is 2.47 bits per heavy atom. The van der Waals surface area contributed by atoms with Crippen molar-refractivity contribution in [2.45, 2.75) is 13.2 Å². The van der Waals surface area contributed by atoms with Gasteiger partial charge in [0.1, 0.15) is 18.2 Å². The number of carbonyl (C=O) groups excluding carboxylic acids is 1. The summed E-state index contributed by atoms with van der Waals surface area (Å²) in [6.45, 7) is 0.692. The van der Waals surface area contributed by atoms with Crippen LogP contribution in [0.3, 0.4) is 0 Å². The maximum Gasteiger partial charge on any atom is 0.287 e. The molecule has 2 aromatic heterocycles. The van der Waals surface area contributed by atoms with Gasteiger partial charge in [-0.3, -0.25) is 4.79 Å². The van der Waals surface area contributed by atoms with Crippen LogP contribution in [0, 0.1) is 0 Å². The number of aromatic nitrogens is 2. The second-order valence-electron chi connectivity index (χ2n) is 3.42. The lowest BCUT2D eigenvalue weighted by atomic mass is 10.4. The number of imidazole rings is 1. The number of carbonyl (C=O) groups is 1. The van der Waals surface area contributed by atoms with Gasteiger partial charge in [-0.2, -0.15) is 0 Å². The highest BCUT2D eigenvalue weighted by atomic mass is 16.5. The predicted octanol–water partition coefficient (Wildman–Crippen LogP) is 1.08. The maximum atomic E-state index is 11.7. The molecule has 0 atom stereocenters. The molecule has 6 heteroatoms. The zero-order valence-corrected chi connectivity index (χ0v) is 9.40. The van der Waals surface area contributed by atoms with Crippen LogP contribution in [0.5, 0.6) is 0 Å². The van der Waals surface area contributed by atoms with Crippen molar-refractivity contribution in [2.75, 3.05) is 7.11 Å². The molecular weight excluding hydrogens is 222 g/mol. The molecule has 0 aliphatic heterocycles. The fraction of sp³-hybridized carbons (Fsp3) is 0.273. The van der Waals surface area contributed by atoms with Gasteiger partial charge in [-0.25, -0.2) is 4.98 Å². The molecule has 2 heterocycles. The van der Waals surface area contributed by atoms with Gasteiger partial charge in [0.2, 0.25) is 0 Å². The largest absolute Gasteiger partial charge is 0.453 e. The van der Waals surface area contributed by atoms with Crippen LogP contribution < -0.4 is 5.32 Å². The zero-order chi connectivity index (χ0) is 12.1. The summed E-state index contributed by atoms with van der Waals surface area (Å²) in [7, 11) is 1.57. The summed E-state index contributed by atoms with van der Waals surface area (Å²) in [5.41, 5.74) is 0. The van der Waals surface area contributed by atoms with Crippen LogP contribution >= 0.6 is 0 Å². The van der Waals surface area contributed by atoms with Crippen LogP contribution in [0.15, 0.2) is 28.9 Å². The molecule has 0 aromatic carbocycles. The lowest BCUT2D eigenvalue weighted by molar-refractivity contribution is 0.0913. The molecular formula is C11H13N3O3. The third-order valence-electron chi connectivity index (χ3n) is 2.14. The van der Waals surface area contributed by atoms with E-state index < -0.39 is 0 Å². The van der Waals surface area contributed by atoms with Crippen molar-refractivity contribution >= 4 is 5.91 Å². The van der Waals surface area contributed by atoms with Gasteiger partial charge in [0.25, 0.3) is 5.91 Å². The Hall–Kier alpha value is -2.08. The van der Waals surface area contributed by atoms with Crippen molar-refractivity contribution in [3.8, 4) is 0 Å². The van der Waals surface area contributed by atoms with Crippen LogP contribution in [-0.4, -0.2) is 23.0 Å². The van der Waals surface area contributed by atoms with Crippen molar-refractivity contribution in [3.05, 3.63) is 41.9 Å². The normalized spacial score (nSPS) is 10.4. The van der Waals surface area contributed by atoms with E-state index in [9.17, 15) is 4.79 Å². The molecule has 17 heavy (non-hydrogen) atoms. The third-order valence-corrected chi connectivity index (χ3v) is 2.14. The summed E-state index contributed by atoms with van der Waals surface area (Å²) >= 11 is 0. The second kappa shape index (κ2) is 5.31. The summed E-state index contributed by atoms with van der Waals surface area (Å²) in [5, 5.41) is 2.69. The van der Waals surface area contributed by atoms with E-state index in [0.29, 0.717) is 24.7 Å². The number of hydrogen-bond donors (Lipinski definition) is 2. The van der Waals surface area contributed by atoms with Crippen molar-refractivity contribution < 1.29 is 13.9 Å². The molecule has 0 bridgehead atoms. The van der Waals surface area contributed by atoms with Gasteiger partial charge >= 0.3 is 0 Å². The molecule has 0 fully saturated rings. The SMILES string of the molecule is COCc1ccc(C(=O)NCc2ncc[nH]2)o1. The molecule has 2 rings (SSSR count). The lowest BCUT2D eigenvalue weighted by Crippen LogP contribution is -2.22. The maximum absolute atomic E-state index is 11.7. The van der Waals surface area contributed by atoms with Crippen LogP contribution in [0.25, 0.3) is 0 Å². The molecule has 0 unspecified atom stereocenters. The van der Waals surface area contributed by atoms with Gasteiger partial charge in [0.05, 0.1) is 6.54 Å². The number of furan rings is 1. The van der Waals surface area contributed by atoms with Crippen molar-refractivity contribution in [2.24, 2.45) is 0 Å². The number of amides is 1. The van der Waals surface area contributed by atoms with Crippen molar-refractivity contribution in [3.63, 3.8) is 0 Å². The van der Waals surface area contributed by atoms with E-state index in [1.165, 1.54) is 0 Å². The predicted molar refractivity (Wildman–Crippen MR) is 59.2 cm³/mol. The van der Waals surface area contributed by atoms with Crippen LogP contribution in [0.4, 0.5) is 0 Å². The summed E-state index contributed by atoms with van der Waals surface area (Å²) in [5.74, 6) is 1.31. The first-order chi connectivity index (χ1) is 8.29. The monoisotopic (exact) mass is 235 g/mol. The highest BCUT2D eigenvalue weighted by Crippen LogP contribution is 2.08. The zero-order valence-electron chi connectivity index (χ0n) is 9.40. The van der Waals surface area contributed by atoms with E-state index >= 15 is 0 Å². The van der Waals surface area contributed by atoms with Crippen LogP contribution in [-0.2, 0) is 17.9 Å². The summed E-state index contributed by atoms with van der Waals surface area (Å²) in [4.78, 5) is 18.6. The number of rotatable bonds is 5. The molecule has 0 saturated heterocycles. The van der Waals surface area contributed by atoms with E-state index in [2.05, 4.69) is 15.3 Å². The Morgan fingerprint density at radius 1 is 1.59 bits per heavy atom. The van der Waals surface area contributed by atoms with Crippen LogP contribution in [0.1, 0.15) is 22.1 Å². The number of hydrogen-bond acceptors (Lipinski definition) is 4. The molecule has 0 radical (unpaired) electrons. The molecule has 2 aromatic rings. The van der Waals surface area contributed by atoms with E-state index in [-0.39, 0.29) is 11.7 Å². The van der Waals surface area contributed by atoms with Gasteiger partial charge in [0.15, 0.2) is 5.76 Å². The number of nitrogens with one attached hydrogen (secondary N) is 2.